The largest absolute Gasteiger partial charge is 0.350 e. The van der Waals surface area contributed by atoms with E-state index in [1.807, 2.05) is 4.90 Å². The van der Waals surface area contributed by atoms with E-state index in [0.717, 1.165) is 37.9 Å². The van der Waals surface area contributed by atoms with Crippen molar-refractivity contribution in [2.75, 3.05) is 11.4 Å². The number of rotatable bonds is 3. The number of amides is 1. The van der Waals surface area contributed by atoms with Gasteiger partial charge in [0.25, 0.3) is 5.91 Å². The Balaban J connectivity index is 1.62. The minimum Gasteiger partial charge on any atom is -0.350 e. The van der Waals surface area contributed by atoms with E-state index in [0.29, 0.717) is 0 Å². The van der Waals surface area contributed by atoms with Gasteiger partial charge in [-0.1, -0.05) is 51.3 Å². The summed E-state index contributed by atoms with van der Waals surface area (Å²) < 4.78 is 6.09. The van der Waals surface area contributed by atoms with E-state index in [4.69, 9.17) is 4.74 Å². The SMILES string of the molecule is CCc1cccc(CC)c1N1CC2(OC23CCCCC3)C1=O. The number of benzene rings is 1. The summed E-state index contributed by atoms with van der Waals surface area (Å²) in [7, 11) is 0. The van der Waals surface area contributed by atoms with Gasteiger partial charge in [-0.15, -0.1) is 0 Å². The maximum atomic E-state index is 13.0. The number of carbonyl (C=O) groups is 1. The van der Waals surface area contributed by atoms with Crippen LogP contribution in [0.4, 0.5) is 5.69 Å². The van der Waals surface area contributed by atoms with E-state index in [9.17, 15) is 4.79 Å². The number of epoxide rings is 1. The van der Waals surface area contributed by atoms with E-state index in [-0.39, 0.29) is 11.5 Å². The predicted molar refractivity (Wildman–Crippen MR) is 87.2 cm³/mol. The van der Waals surface area contributed by atoms with Gasteiger partial charge in [-0.2, -0.15) is 0 Å². The van der Waals surface area contributed by atoms with E-state index >= 15 is 0 Å². The van der Waals surface area contributed by atoms with Crippen molar-refractivity contribution in [3.63, 3.8) is 0 Å². The zero-order valence-electron chi connectivity index (χ0n) is 13.7. The van der Waals surface area contributed by atoms with Gasteiger partial charge in [0.1, 0.15) is 5.60 Å². The van der Waals surface area contributed by atoms with E-state index < -0.39 is 5.60 Å². The van der Waals surface area contributed by atoms with Gasteiger partial charge in [0.15, 0.2) is 5.60 Å². The van der Waals surface area contributed by atoms with Gasteiger partial charge in [0, 0.05) is 0 Å². The summed E-state index contributed by atoms with van der Waals surface area (Å²) in [5.74, 6) is 0.213. The highest BCUT2D eigenvalue weighted by molar-refractivity contribution is 6.10. The Labute approximate surface area is 132 Å². The molecule has 1 unspecified atom stereocenters. The van der Waals surface area contributed by atoms with Gasteiger partial charge < -0.3 is 9.64 Å². The molecule has 0 radical (unpaired) electrons. The van der Waals surface area contributed by atoms with Crippen molar-refractivity contribution in [3.8, 4) is 0 Å². The number of anilines is 1. The summed E-state index contributed by atoms with van der Waals surface area (Å²) in [4.78, 5) is 14.9. The summed E-state index contributed by atoms with van der Waals surface area (Å²) in [6.07, 6.45) is 7.78. The quantitative estimate of drug-likeness (QED) is 0.630. The molecule has 22 heavy (non-hydrogen) atoms. The van der Waals surface area contributed by atoms with Crippen LogP contribution in [0, 0.1) is 0 Å². The summed E-state index contributed by atoms with van der Waals surface area (Å²) >= 11 is 0. The Morgan fingerprint density at radius 3 is 2.27 bits per heavy atom. The first-order valence-electron chi connectivity index (χ1n) is 8.80. The number of hydrogen-bond donors (Lipinski definition) is 0. The molecule has 3 heteroatoms. The molecule has 4 rings (SSSR count). The van der Waals surface area contributed by atoms with Gasteiger partial charge >= 0.3 is 0 Å². The molecule has 1 aliphatic carbocycles. The highest BCUT2D eigenvalue weighted by Crippen LogP contribution is 2.62. The monoisotopic (exact) mass is 299 g/mol. The fraction of sp³-hybridized carbons (Fsp3) is 0.632. The highest BCUT2D eigenvalue weighted by Gasteiger charge is 2.80. The molecule has 1 aromatic rings. The number of para-hydroxylation sites is 1. The molecule has 1 aromatic carbocycles. The summed E-state index contributed by atoms with van der Waals surface area (Å²) in [5, 5.41) is 0. The fourth-order valence-electron chi connectivity index (χ4n) is 4.58. The van der Waals surface area contributed by atoms with Crippen LogP contribution >= 0.6 is 0 Å². The third-order valence-corrected chi connectivity index (χ3v) is 5.93. The third kappa shape index (κ3) is 1.69. The van der Waals surface area contributed by atoms with E-state index in [1.54, 1.807) is 0 Å². The van der Waals surface area contributed by atoms with Crippen LogP contribution in [0.1, 0.15) is 57.1 Å². The molecule has 118 valence electrons. The first-order chi connectivity index (χ1) is 10.7. The van der Waals surface area contributed by atoms with Crippen molar-refractivity contribution in [3.05, 3.63) is 29.3 Å². The lowest BCUT2D eigenvalue weighted by Crippen LogP contribution is -2.63. The fourth-order valence-corrected chi connectivity index (χ4v) is 4.58. The molecule has 2 heterocycles. The average Bonchev–Trinajstić information content (AvgIpc) is 3.21. The van der Waals surface area contributed by atoms with Crippen LogP contribution in [-0.2, 0) is 22.4 Å². The molecule has 2 spiro atoms. The lowest BCUT2D eigenvalue weighted by Gasteiger charge is -2.41. The standard InChI is InChI=1S/C19H25NO2/c1-3-14-9-8-10-15(4-2)16(14)20-13-19(17(20)21)18(22-19)11-6-5-7-12-18/h8-10H,3-7,11-13H2,1-2H3. The molecule has 0 bridgehead atoms. The number of fused-ring (bicyclic) bond motifs is 1. The zero-order valence-corrected chi connectivity index (χ0v) is 13.7. The van der Waals surface area contributed by atoms with Gasteiger partial charge in [-0.25, -0.2) is 0 Å². The minimum atomic E-state index is -0.459. The van der Waals surface area contributed by atoms with Gasteiger partial charge in [0.2, 0.25) is 0 Å². The predicted octanol–water partition coefficient (Wildman–Crippen LogP) is 3.63. The van der Waals surface area contributed by atoms with Crippen LogP contribution in [0.25, 0.3) is 0 Å². The third-order valence-electron chi connectivity index (χ3n) is 5.93. The molecular weight excluding hydrogens is 274 g/mol. The lowest BCUT2D eigenvalue weighted by molar-refractivity contribution is -0.128. The van der Waals surface area contributed by atoms with Crippen LogP contribution in [0.2, 0.25) is 0 Å². The first kappa shape index (κ1) is 14.3. The second kappa shape index (κ2) is 4.82. The van der Waals surface area contributed by atoms with Crippen molar-refractivity contribution in [1.82, 2.24) is 0 Å². The van der Waals surface area contributed by atoms with Crippen LogP contribution < -0.4 is 4.90 Å². The van der Waals surface area contributed by atoms with Gasteiger partial charge in [0.05, 0.1) is 12.2 Å². The van der Waals surface area contributed by atoms with Gasteiger partial charge in [-0.3, -0.25) is 4.79 Å². The second-order valence-corrected chi connectivity index (χ2v) is 7.01. The molecule has 3 nitrogen and oxygen atoms in total. The topological polar surface area (TPSA) is 32.8 Å². The Bertz CT molecular complexity index is 596. The van der Waals surface area contributed by atoms with Crippen molar-refractivity contribution in [2.24, 2.45) is 0 Å². The number of aryl methyl sites for hydroxylation is 2. The number of ether oxygens (including phenoxy) is 1. The Kier molecular flexibility index (Phi) is 3.12. The number of hydrogen-bond acceptors (Lipinski definition) is 2. The molecule has 2 aliphatic heterocycles. The van der Waals surface area contributed by atoms with E-state index in [2.05, 4.69) is 32.0 Å². The maximum Gasteiger partial charge on any atom is 0.264 e. The smallest absolute Gasteiger partial charge is 0.264 e. The highest BCUT2D eigenvalue weighted by atomic mass is 16.6. The second-order valence-electron chi connectivity index (χ2n) is 7.01. The average molecular weight is 299 g/mol. The molecule has 1 atom stereocenters. The number of carbonyl (C=O) groups excluding carboxylic acids is 1. The Morgan fingerprint density at radius 1 is 1.09 bits per heavy atom. The normalized spacial score (nSPS) is 29.0. The summed E-state index contributed by atoms with van der Waals surface area (Å²) in [6.45, 7) is 5.08. The molecule has 1 saturated carbocycles. The van der Waals surface area contributed by atoms with Crippen molar-refractivity contribution in [1.29, 1.82) is 0 Å². The maximum absolute atomic E-state index is 13.0. The molecule has 3 fully saturated rings. The van der Waals surface area contributed by atoms with Crippen LogP contribution in [0.3, 0.4) is 0 Å². The van der Waals surface area contributed by atoms with Crippen molar-refractivity contribution >= 4 is 11.6 Å². The molecule has 0 aromatic heterocycles. The van der Waals surface area contributed by atoms with Crippen LogP contribution in [0.15, 0.2) is 18.2 Å². The van der Waals surface area contributed by atoms with Gasteiger partial charge in [-0.05, 0) is 36.8 Å². The molecule has 3 aliphatic rings. The zero-order chi connectivity index (χ0) is 15.4. The molecule has 1 amide bonds. The summed E-state index contributed by atoms with van der Waals surface area (Å²) in [5.41, 5.74) is 3.15. The Hall–Kier alpha value is -1.35. The number of β-lactam (4-membered cyclic amide) rings is 1. The van der Waals surface area contributed by atoms with E-state index in [1.165, 1.54) is 30.4 Å². The first-order valence-corrected chi connectivity index (χ1v) is 8.80. The van der Waals surface area contributed by atoms with Crippen LogP contribution in [-0.4, -0.2) is 23.7 Å². The molecular formula is C19H25NO2. The lowest BCUT2D eigenvalue weighted by atomic mass is 9.75. The van der Waals surface area contributed by atoms with Crippen LogP contribution in [0.5, 0.6) is 0 Å². The minimum absolute atomic E-state index is 0.105. The summed E-state index contributed by atoms with van der Waals surface area (Å²) in [6, 6.07) is 6.41. The van der Waals surface area contributed by atoms with Crippen molar-refractivity contribution < 1.29 is 9.53 Å². The molecule has 0 N–H and O–H groups in total. The molecule has 2 saturated heterocycles. The van der Waals surface area contributed by atoms with Crippen molar-refractivity contribution in [2.45, 2.75) is 70.0 Å². The number of nitrogens with zero attached hydrogens (tertiary/aromatic N) is 1. The Morgan fingerprint density at radius 2 is 1.73 bits per heavy atom.